The Labute approximate surface area is 218 Å². The summed E-state index contributed by atoms with van der Waals surface area (Å²) in [7, 11) is 0. The highest BCUT2D eigenvalue weighted by Crippen LogP contribution is 2.30. The van der Waals surface area contributed by atoms with Gasteiger partial charge in [0.2, 0.25) is 11.8 Å². The Balaban J connectivity index is 1.52. The van der Waals surface area contributed by atoms with E-state index < -0.39 is 0 Å². The summed E-state index contributed by atoms with van der Waals surface area (Å²) in [5.74, 6) is -0.0827. The van der Waals surface area contributed by atoms with Crippen molar-refractivity contribution >= 4 is 29.1 Å². The van der Waals surface area contributed by atoms with Crippen LogP contribution < -0.4 is 15.5 Å². The maximum Gasteiger partial charge on any atom is 0.253 e. The lowest BCUT2D eigenvalue weighted by Crippen LogP contribution is -2.36. The van der Waals surface area contributed by atoms with E-state index in [1.165, 1.54) is 12.1 Å². The Kier molecular flexibility index (Phi) is 8.79. The van der Waals surface area contributed by atoms with E-state index in [0.717, 1.165) is 43.5 Å². The molecule has 4 rings (SSSR count). The zero-order chi connectivity index (χ0) is 26.4. The fraction of sp³-hybridized carbons (Fsp3) is 0.483. The van der Waals surface area contributed by atoms with Crippen LogP contribution in [0.25, 0.3) is 0 Å². The van der Waals surface area contributed by atoms with Gasteiger partial charge >= 0.3 is 0 Å². The normalized spacial score (nSPS) is 16.2. The zero-order valence-corrected chi connectivity index (χ0v) is 21.8. The number of amides is 3. The molecule has 0 radical (unpaired) electrons. The third kappa shape index (κ3) is 7.08. The van der Waals surface area contributed by atoms with Crippen LogP contribution in [0.1, 0.15) is 61.9 Å². The molecule has 1 saturated carbocycles. The third-order valence-electron chi connectivity index (χ3n) is 7.12. The molecule has 0 spiro atoms. The van der Waals surface area contributed by atoms with Gasteiger partial charge in [-0.3, -0.25) is 14.4 Å². The molecule has 1 aliphatic carbocycles. The van der Waals surface area contributed by atoms with Gasteiger partial charge in [-0.05, 0) is 61.1 Å². The zero-order valence-electron chi connectivity index (χ0n) is 21.8. The summed E-state index contributed by atoms with van der Waals surface area (Å²) in [4.78, 5) is 42.6. The first-order chi connectivity index (χ1) is 17.8. The Morgan fingerprint density at radius 3 is 2.41 bits per heavy atom. The molecule has 7 nitrogen and oxygen atoms in total. The molecule has 0 aromatic heterocycles. The first kappa shape index (κ1) is 26.6. The van der Waals surface area contributed by atoms with Gasteiger partial charge in [-0.15, -0.1) is 0 Å². The lowest BCUT2D eigenvalue weighted by Gasteiger charge is -2.27. The van der Waals surface area contributed by atoms with Gasteiger partial charge in [0.15, 0.2) is 0 Å². The fourth-order valence-corrected chi connectivity index (χ4v) is 4.75. The Morgan fingerprint density at radius 2 is 1.73 bits per heavy atom. The van der Waals surface area contributed by atoms with Crippen LogP contribution in [-0.4, -0.2) is 48.8 Å². The molecule has 0 bridgehead atoms. The highest BCUT2D eigenvalue weighted by atomic mass is 19.1. The van der Waals surface area contributed by atoms with E-state index in [4.69, 9.17) is 0 Å². The molecule has 2 fully saturated rings. The molecule has 8 heteroatoms. The maximum atomic E-state index is 13.4. The second-order valence-corrected chi connectivity index (χ2v) is 10.5. The highest BCUT2D eigenvalue weighted by molar-refractivity contribution is 6.02. The third-order valence-corrected chi connectivity index (χ3v) is 7.12. The quantitative estimate of drug-likeness (QED) is 0.547. The van der Waals surface area contributed by atoms with E-state index in [0.29, 0.717) is 43.2 Å². The summed E-state index contributed by atoms with van der Waals surface area (Å²) in [6.45, 7) is 6.99. The number of anilines is 2. The summed E-state index contributed by atoms with van der Waals surface area (Å²) < 4.78 is 13.3. The largest absolute Gasteiger partial charge is 0.369 e. The van der Waals surface area contributed by atoms with Crippen LogP contribution in [0.15, 0.2) is 42.5 Å². The number of carbonyl (C=O) groups is 3. The first-order valence-corrected chi connectivity index (χ1v) is 13.3. The second-order valence-electron chi connectivity index (χ2n) is 10.5. The predicted octanol–water partition coefficient (Wildman–Crippen LogP) is 4.58. The van der Waals surface area contributed by atoms with Crippen LogP contribution in [0.4, 0.5) is 15.8 Å². The average molecular weight is 509 g/mol. The number of nitrogens with one attached hydrogen (secondary N) is 2. The minimum Gasteiger partial charge on any atom is -0.369 e. The van der Waals surface area contributed by atoms with Gasteiger partial charge in [0, 0.05) is 56.4 Å². The number of benzene rings is 2. The standard InChI is InChI=1S/C29H37FN4O3/c1-20(2)17-27(35)34-14-4-13-33(15-16-34)26-12-11-24(32-28(36)22-5-3-6-22)18-25(26)29(37)31-19-21-7-9-23(30)10-8-21/h7-12,18,20,22H,3-6,13-17,19H2,1-2H3,(H,31,37)(H,32,36). The van der Waals surface area contributed by atoms with Gasteiger partial charge < -0.3 is 20.4 Å². The summed E-state index contributed by atoms with van der Waals surface area (Å²) in [5, 5.41) is 5.91. The highest BCUT2D eigenvalue weighted by Gasteiger charge is 2.27. The van der Waals surface area contributed by atoms with Crippen LogP contribution >= 0.6 is 0 Å². The topological polar surface area (TPSA) is 81.8 Å². The molecule has 0 unspecified atom stereocenters. The number of rotatable bonds is 8. The van der Waals surface area contributed by atoms with E-state index in [9.17, 15) is 18.8 Å². The predicted molar refractivity (Wildman–Crippen MR) is 143 cm³/mol. The van der Waals surface area contributed by atoms with Crippen LogP contribution in [0.5, 0.6) is 0 Å². The van der Waals surface area contributed by atoms with Gasteiger partial charge in [-0.25, -0.2) is 4.39 Å². The molecule has 0 atom stereocenters. The van der Waals surface area contributed by atoms with Crippen molar-refractivity contribution in [2.24, 2.45) is 11.8 Å². The number of carbonyl (C=O) groups excluding carboxylic acids is 3. The number of nitrogens with zero attached hydrogens (tertiary/aromatic N) is 2. The van der Waals surface area contributed by atoms with Crippen molar-refractivity contribution in [2.75, 3.05) is 36.4 Å². The smallest absolute Gasteiger partial charge is 0.253 e. The first-order valence-electron chi connectivity index (χ1n) is 13.3. The van der Waals surface area contributed by atoms with Gasteiger partial charge in [-0.2, -0.15) is 0 Å². The molecule has 1 heterocycles. The fourth-order valence-electron chi connectivity index (χ4n) is 4.75. The molecule has 1 aliphatic heterocycles. The van der Waals surface area contributed by atoms with Gasteiger partial charge in [0.25, 0.3) is 5.91 Å². The molecular weight excluding hydrogens is 471 g/mol. The number of hydrogen-bond acceptors (Lipinski definition) is 4. The summed E-state index contributed by atoms with van der Waals surface area (Å²) in [6, 6.07) is 11.5. The van der Waals surface area contributed by atoms with Crippen molar-refractivity contribution in [3.8, 4) is 0 Å². The summed E-state index contributed by atoms with van der Waals surface area (Å²) in [5.41, 5.74) is 2.63. The van der Waals surface area contributed by atoms with Crippen LogP contribution in [0.2, 0.25) is 0 Å². The monoisotopic (exact) mass is 508 g/mol. The van der Waals surface area contributed by atoms with Crippen molar-refractivity contribution in [3.63, 3.8) is 0 Å². The van der Waals surface area contributed by atoms with E-state index in [1.54, 1.807) is 18.2 Å². The lowest BCUT2D eigenvalue weighted by molar-refractivity contribution is -0.131. The molecule has 2 aliphatic rings. The van der Waals surface area contributed by atoms with Crippen molar-refractivity contribution in [1.29, 1.82) is 0 Å². The Hall–Kier alpha value is -3.42. The van der Waals surface area contributed by atoms with Crippen LogP contribution in [-0.2, 0) is 16.1 Å². The van der Waals surface area contributed by atoms with Crippen molar-refractivity contribution in [3.05, 3.63) is 59.4 Å². The van der Waals surface area contributed by atoms with Gasteiger partial charge in [0.05, 0.1) is 5.56 Å². The molecule has 2 aromatic rings. The van der Waals surface area contributed by atoms with Crippen molar-refractivity contribution < 1.29 is 18.8 Å². The van der Waals surface area contributed by atoms with Crippen molar-refractivity contribution in [1.82, 2.24) is 10.2 Å². The van der Waals surface area contributed by atoms with Crippen molar-refractivity contribution in [2.45, 2.75) is 52.5 Å². The van der Waals surface area contributed by atoms with E-state index in [2.05, 4.69) is 15.5 Å². The summed E-state index contributed by atoms with van der Waals surface area (Å²) >= 11 is 0. The second kappa shape index (κ2) is 12.2. The van der Waals surface area contributed by atoms with Gasteiger partial charge in [-0.1, -0.05) is 32.4 Å². The van der Waals surface area contributed by atoms with E-state index in [-0.39, 0.29) is 36.0 Å². The van der Waals surface area contributed by atoms with Crippen LogP contribution in [0.3, 0.4) is 0 Å². The molecule has 2 aromatic carbocycles. The van der Waals surface area contributed by atoms with E-state index in [1.807, 2.05) is 30.9 Å². The SMILES string of the molecule is CC(C)CC(=O)N1CCCN(c2ccc(NC(=O)C3CCC3)cc2C(=O)NCc2ccc(F)cc2)CC1. The minimum atomic E-state index is -0.325. The van der Waals surface area contributed by atoms with E-state index >= 15 is 0 Å². The molecular formula is C29H37FN4O3. The lowest BCUT2D eigenvalue weighted by atomic mass is 9.85. The molecule has 37 heavy (non-hydrogen) atoms. The maximum absolute atomic E-state index is 13.4. The van der Waals surface area contributed by atoms with Crippen LogP contribution in [0, 0.1) is 17.7 Å². The Morgan fingerprint density at radius 1 is 0.973 bits per heavy atom. The summed E-state index contributed by atoms with van der Waals surface area (Å²) in [6.07, 6.45) is 4.20. The van der Waals surface area contributed by atoms with Gasteiger partial charge in [0.1, 0.15) is 5.82 Å². The molecule has 198 valence electrons. The molecule has 1 saturated heterocycles. The molecule has 2 N–H and O–H groups in total. The minimum absolute atomic E-state index is 0.00857. The Bertz CT molecular complexity index is 1110. The number of halogens is 1. The average Bonchev–Trinajstić information content (AvgIpc) is 3.08. The number of hydrogen-bond donors (Lipinski definition) is 2. The molecule has 3 amide bonds.